The lowest BCUT2D eigenvalue weighted by Gasteiger charge is -2.44. The molecule has 2 rings (SSSR count). The molecule has 0 heterocycles. The Balaban J connectivity index is 1.96. The average molecular weight is 319 g/mol. The maximum atomic E-state index is 4.11. The Hall–Kier alpha value is 0.910. The summed E-state index contributed by atoms with van der Waals surface area (Å²) >= 11 is 4.11. The van der Waals surface area contributed by atoms with Gasteiger partial charge in [0.25, 0.3) is 0 Å². The van der Waals surface area contributed by atoms with Crippen molar-refractivity contribution in [3.63, 3.8) is 0 Å². The van der Waals surface area contributed by atoms with Gasteiger partial charge in [-0.15, -0.1) is 9.24 Å². The van der Waals surface area contributed by atoms with Crippen LogP contribution in [0.3, 0.4) is 0 Å². The molecule has 0 aromatic heterocycles. The molecule has 0 aliphatic heterocycles. The smallest absolute Gasteiger partial charge is 0.0453 e. The number of hydrogen-bond acceptors (Lipinski definition) is 0. The normalized spacial score (nSPS) is 29.8. The second kappa shape index (κ2) is 6.38. The zero-order chi connectivity index (χ0) is 12.3. The SMILES string of the molecule is CC(C1CCCCC1)C(P)(Br)C1CCCCC1. The molecule has 0 saturated heterocycles. The molecule has 3 atom stereocenters. The molecule has 100 valence electrons. The van der Waals surface area contributed by atoms with Crippen LogP contribution in [0.1, 0.15) is 71.1 Å². The zero-order valence-corrected chi connectivity index (χ0v) is 14.0. The van der Waals surface area contributed by atoms with E-state index in [0.29, 0.717) is 4.07 Å². The van der Waals surface area contributed by atoms with Crippen LogP contribution in [0, 0.1) is 17.8 Å². The Labute approximate surface area is 118 Å². The van der Waals surface area contributed by atoms with E-state index in [0.717, 1.165) is 17.8 Å². The van der Waals surface area contributed by atoms with Crippen LogP contribution in [0.15, 0.2) is 0 Å². The van der Waals surface area contributed by atoms with E-state index in [-0.39, 0.29) is 0 Å². The van der Waals surface area contributed by atoms with E-state index in [4.69, 9.17) is 0 Å². The predicted octanol–water partition coefficient (Wildman–Crippen LogP) is 5.75. The van der Waals surface area contributed by atoms with Gasteiger partial charge in [-0.1, -0.05) is 74.2 Å². The lowest BCUT2D eigenvalue weighted by atomic mass is 9.74. The molecule has 2 heteroatoms. The summed E-state index contributed by atoms with van der Waals surface area (Å²) in [6, 6.07) is 0. The molecule has 3 unspecified atom stereocenters. The van der Waals surface area contributed by atoms with Crippen LogP contribution in [-0.2, 0) is 0 Å². The molecule has 0 amide bonds. The summed E-state index contributed by atoms with van der Waals surface area (Å²) in [6.45, 7) is 2.49. The molecule has 2 aliphatic carbocycles. The van der Waals surface area contributed by atoms with Crippen molar-refractivity contribution >= 4 is 25.2 Å². The third-order valence-corrected chi connectivity index (χ3v) is 7.65. The number of hydrogen-bond donors (Lipinski definition) is 0. The Bertz CT molecular complexity index is 227. The van der Waals surface area contributed by atoms with E-state index in [1.54, 1.807) is 0 Å². The van der Waals surface area contributed by atoms with Gasteiger partial charge in [0.15, 0.2) is 0 Å². The first kappa shape index (κ1) is 14.3. The highest BCUT2D eigenvalue weighted by Crippen LogP contribution is 2.52. The van der Waals surface area contributed by atoms with E-state index in [2.05, 4.69) is 32.1 Å². The van der Waals surface area contributed by atoms with Crippen molar-refractivity contribution in [2.45, 2.75) is 75.2 Å². The zero-order valence-electron chi connectivity index (χ0n) is 11.3. The summed E-state index contributed by atoms with van der Waals surface area (Å²) in [5.41, 5.74) is 0. The highest BCUT2D eigenvalue weighted by atomic mass is 79.9. The van der Waals surface area contributed by atoms with E-state index in [1.165, 1.54) is 64.2 Å². The van der Waals surface area contributed by atoms with Gasteiger partial charge >= 0.3 is 0 Å². The Kier molecular flexibility index (Phi) is 5.37. The largest absolute Gasteiger partial charge is 0.119 e. The second-order valence-corrected chi connectivity index (χ2v) is 9.52. The first-order chi connectivity index (χ1) is 8.12. The number of halogens is 1. The van der Waals surface area contributed by atoms with Crippen LogP contribution in [0.5, 0.6) is 0 Å². The summed E-state index contributed by atoms with van der Waals surface area (Å²) in [6.07, 6.45) is 14.6. The fraction of sp³-hybridized carbons (Fsp3) is 1.00. The fourth-order valence-corrected chi connectivity index (χ4v) is 5.35. The molecule has 2 aliphatic rings. The van der Waals surface area contributed by atoms with Crippen LogP contribution in [0.2, 0.25) is 0 Å². The first-order valence-electron chi connectivity index (χ1n) is 7.60. The summed E-state index contributed by atoms with van der Waals surface area (Å²) in [5.74, 6) is 2.66. The van der Waals surface area contributed by atoms with Crippen molar-refractivity contribution < 1.29 is 0 Å². The highest BCUT2D eigenvalue weighted by Gasteiger charge is 2.40. The maximum absolute atomic E-state index is 4.11. The van der Waals surface area contributed by atoms with Crippen molar-refractivity contribution in [2.75, 3.05) is 0 Å². The molecule has 2 fully saturated rings. The van der Waals surface area contributed by atoms with E-state index >= 15 is 0 Å². The molecular formula is C15H28BrP. The van der Waals surface area contributed by atoms with E-state index in [1.807, 2.05) is 0 Å². The van der Waals surface area contributed by atoms with Gasteiger partial charge in [0, 0.05) is 4.07 Å². The van der Waals surface area contributed by atoms with Crippen LogP contribution < -0.4 is 0 Å². The molecule has 0 radical (unpaired) electrons. The Morgan fingerprint density at radius 3 is 1.94 bits per heavy atom. The van der Waals surface area contributed by atoms with Crippen LogP contribution in [-0.4, -0.2) is 4.07 Å². The average Bonchev–Trinajstić information content (AvgIpc) is 2.40. The van der Waals surface area contributed by atoms with Crippen molar-refractivity contribution in [2.24, 2.45) is 17.8 Å². The van der Waals surface area contributed by atoms with Gasteiger partial charge in [-0.2, -0.15) is 0 Å². The van der Waals surface area contributed by atoms with Crippen molar-refractivity contribution in [3.8, 4) is 0 Å². The topological polar surface area (TPSA) is 0 Å². The minimum atomic E-state index is 0.315. The first-order valence-corrected chi connectivity index (χ1v) is 8.97. The van der Waals surface area contributed by atoms with Gasteiger partial charge in [0.1, 0.15) is 0 Å². The molecular weight excluding hydrogens is 291 g/mol. The minimum Gasteiger partial charge on any atom is -0.119 e. The molecule has 0 aromatic rings. The summed E-state index contributed by atoms with van der Waals surface area (Å²) in [4.78, 5) is 0. The summed E-state index contributed by atoms with van der Waals surface area (Å²) in [7, 11) is 3.19. The molecule has 0 nitrogen and oxygen atoms in total. The van der Waals surface area contributed by atoms with Crippen LogP contribution >= 0.6 is 25.2 Å². The van der Waals surface area contributed by atoms with Crippen LogP contribution in [0.25, 0.3) is 0 Å². The molecule has 0 aromatic carbocycles. The van der Waals surface area contributed by atoms with Crippen LogP contribution in [0.4, 0.5) is 0 Å². The van der Waals surface area contributed by atoms with E-state index in [9.17, 15) is 0 Å². The fourth-order valence-electron chi connectivity index (χ4n) is 3.91. The maximum Gasteiger partial charge on any atom is 0.0453 e. The Morgan fingerprint density at radius 2 is 1.41 bits per heavy atom. The van der Waals surface area contributed by atoms with Gasteiger partial charge < -0.3 is 0 Å². The van der Waals surface area contributed by atoms with Gasteiger partial charge in [0.05, 0.1) is 0 Å². The lowest BCUT2D eigenvalue weighted by molar-refractivity contribution is 0.199. The van der Waals surface area contributed by atoms with Gasteiger partial charge in [-0.05, 0) is 30.6 Å². The minimum absolute atomic E-state index is 0.315. The standard InChI is InChI=1S/C15H28BrP/c1-12(13-8-4-2-5-9-13)15(16,17)14-10-6-3-7-11-14/h12-14H,2-11,17H2,1H3. The number of alkyl halides is 1. The summed E-state index contributed by atoms with van der Waals surface area (Å²) in [5, 5.41) is 0. The highest BCUT2D eigenvalue weighted by molar-refractivity contribution is 9.11. The second-order valence-electron chi connectivity index (χ2n) is 6.35. The van der Waals surface area contributed by atoms with Crippen molar-refractivity contribution in [1.82, 2.24) is 0 Å². The van der Waals surface area contributed by atoms with Gasteiger partial charge in [-0.25, -0.2) is 0 Å². The van der Waals surface area contributed by atoms with Crippen molar-refractivity contribution in [3.05, 3.63) is 0 Å². The van der Waals surface area contributed by atoms with Gasteiger partial charge in [0.2, 0.25) is 0 Å². The van der Waals surface area contributed by atoms with Crippen molar-refractivity contribution in [1.29, 1.82) is 0 Å². The third kappa shape index (κ3) is 3.47. The van der Waals surface area contributed by atoms with E-state index < -0.39 is 0 Å². The monoisotopic (exact) mass is 318 g/mol. The number of rotatable bonds is 3. The molecule has 0 bridgehead atoms. The lowest BCUT2D eigenvalue weighted by Crippen LogP contribution is -2.37. The summed E-state index contributed by atoms with van der Waals surface area (Å²) < 4.78 is 0.315. The molecule has 2 saturated carbocycles. The van der Waals surface area contributed by atoms with Gasteiger partial charge in [-0.3, -0.25) is 0 Å². The Morgan fingerprint density at radius 1 is 0.941 bits per heavy atom. The molecule has 17 heavy (non-hydrogen) atoms. The predicted molar refractivity (Wildman–Crippen MR) is 83.7 cm³/mol. The molecule has 0 spiro atoms. The third-order valence-electron chi connectivity index (χ3n) is 5.29. The molecule has 0 N–H and O–H groups in total. The quantitative estimate of drug-likeness (QED) is 0.459.